The number of nitrogens with one attached hydrogen (secondary N) is 1. The number of methoxy groups -OCH3 is 1. The lowest BCUT2D eigenvalue weighted by atomic mass is 10.2. The summed E-state index contributed by atoms with van der Waals surface area (Å²) in [6.45, 7) is 0. The van der Waals surface area contributed by atoms with Crippen LogP contribution in [0.15, 0.2) is 47.4 Å². The third-order valence-electron chi connectivity index (χ3n) is 3.37. The van der Waals surface area contributed by atoms with Crippen molar-refractivity contribution >= 4 is 56.4 Å². The van der Waals surface area contributed by atoms with Crippen molar-refractivity contribution in [1.82, 2.24) is 0 Å². The van der Waals surface area contributed by atoms with Crippen LogP contribution in [0.4, 0.5) is 5.69 Å². The fraction of sp³-hybridized carbons (Fsp3) is 0.118. The molecule has 0 aliphatic heterocycles. The maximum absolute atomic E-state index is 12.7. The van der Waals surface area contributed by atoms with Gasteiger partial charge in [0.25, 0.3) is 5.91 Å². The van der Waals surface area contributed by atoms with Gasteiger partial charge in [0.1, 0.15) is 10.6 Å². The topological polar surface area (TPSA) is 38.3 Å². The van der Waals surface area contributed by atoms with Crippen molar-refractivity contribution in [3.63, 3.8) is 0 Å². The van der Waals surface area contributed by atoms with Crippen molar-refractivity contribution in [2.75, 3.05) is 18.7 Å². The molecule has 0 aliphatic carbocycles. The molecular formula is C17H14ClNO2S2. The molecule has 0 spiro atoms. The predicted octanol–water partition coefficient (Wildman–Crippen LogP) is 5.54. The molecule has 0 unspecified atom stereocenters. The standard InChI is InChI=1S/C17H14ClNO2S2/c1-21-15-11-9-10(18)7-8-13(11)23-16(15)17(20)19-12-5-3-4-6-14(12)22-2/h3-9H,1-2H3,(H,19,20). The molecule has 0 saturated heterocycles. The van der Waals surface area contributed by atoms with Gasteiger partial charge in [0.2, 0.25) is 0 Å². The fourth-order valence-electron chi connectivity index (χ4n) is 2.33. The molecule has 0 saturated carbocycles. The van der Waals surface area contributed by atoms with Crippen LogP contribution >= 0.6 is 34.7 Å². The smallest absolute Gasteiger partial charge is 0.269 e. The molecule has 118 valence electrons. The van der Waals surface area contributed by atoms with E-state index in [1.165, 1.54) is 11.3 Å². The van der Waals surface area contributed by atoms with Gasteiger partial charge in [-0.15, -0.1) is 23.1 Å². The number of thioether (sulfide) groups is 1. The molecular weight excluding hydrogens is 350 g/mol. The molecule has 1 aromatic heterocycles. The molecule has 0 atom stereocenters. The molecule has 0 fully saturated rings. The van der Waals surface area contributed by atoms with Gasteiger partial charge >= 0.3 is 0 Å². The van der Waals surface area contributed by atoms with Gasteiger partial charge in [-0.2, -0.15) is 0 Å². The Morgan fingerprint density at radius 2 is 2.04 bits per heavy atom. The van der Waals surface area contributed by atoms with Gasteiger partial charge in [-0.05, 0) is 36.6 Å². The summed E-state index contributed by atoms with van der Waals surface area (Å²) in [4.78, 5) is 14.3. The fourth-order valence-corrected chi connectivity index (χ4v) is 4.10. The van der Waals surface area contributed by atoms with Gasteiger partial charge in [-0.1, -0.05) is 23.7 Å². The van der Waals surface area contributed by atoms with E-state index >= 15 is 0 Å². The van der Waals surface area contributed by atoms with Crippen molar-refractivity contribution < 1.29 is 9.53 Å². The van der Waals surface area contributed by atoms with E-state index in [1.54, 1.807) is 18.9 Å². The quantitative estimate of drug-likeness (QED) is 0.618. The number of hydrogen-bond donors (Lipinski definition) is 1. The number of carbonyl (C=O) groups is 1. The number of amides is 1. The Bertz CT molecular complexity index is 876. The van der Waals surface area contributed by atoms with Gasteiger partial charge in [0.05, 0.1) is 12.8 Å². The molecule has 2 aromatic carbocycles. The highest BCUT2D eigenvalue weighted by Gasteiger charge is 2.20. The van der Waals surface area contributed by atoms with Crippen LogP contribution in [0.25, 0.3) is 10.1 Å². The molecule has 3 rings (SSSR count). The first-order valence-corrected chi connectivity index (χ1v) is 9.26. The zero-order chi connectivity index (χ0) is 16.4. The summed E-state index contributed by atoms with van der Waals surface area (Å²) in [7, 11) is 1.56. The van der Waals surface area contributed by atoms with Crippen molar-refractivity contribution in [2.45, 2.75) is 4.90 Å². The minimum atomic E-state index is -0.180. The number of para-hydroxylation sites is 1. The normalized spacial score (nSPS) is 10.7. The molecule has 0 aliphatic rings. The van der Waals surface area contributed by atoms with E-state index in [2.05, 4.69) is 5.32 Å². The van der Waals surface area contributed by atoms with Crippen LogP contribution in [0.5, 0.6) is 5.75 Å². The van der Waals surface area contributed by atoms with E-state index in [9.17, 15) is 4.79 Å². The second-order valence-corrected chi connectivity index (χ2v) is 7.10. The van der Waals surface area contributed by atoms with Crippen LogP contribution in [0.2, 0.25) is 5.02 Å². The van der Waals surface area contributed by atoms with E-state index in [-0.39, 0.29) is 5.91 Å². The first-order chi connectivity index (χ1) is 11.1. The molecule has 3 aromatic rings. The second-order valence-electron chi connectivity index (χ2n) is 4.76. The number of anilines is 1. The van der Waals surface area contributed by atoms with Gasteiger partial charge < -0.3 is 10.1 Å². The number of hydrogen-bond acceptors (Lipinski definition) is 4. The van der Waals surface area contributed by atoms with Crippen molar-refractivity contribution in [2.24, 2.45) is 0 Å². The molecule has 23 heavy (non-hydrogen) atoms. The monoisotopic (exact) mass is 363 g/mol. The average Bonchev–Trinajstić information content (AvgIpc) is 2.93. The van der Waals surface area contributed by atoms with Gasteiger partial charge in [0.15, 0.2) is 0 Å². The first-order valence-electron chi connectivity index (χ1n) is 6.84. The molecule has 0 bridgehead atoms. The van der Waals surface area contributed by atoms with Crippen LogP contribution in [0, 0.1) is 0 Å². The highest BCUT2D eigenvalue weighted by molar-refractivity contribution is 7.98. The molecule has 0 radical (unpaired) electrons. The highest BCUT2D eigenvalue weighted by Crippen LogP contribution is 2.39. The summed E-state index contributed by atoms with van der Waals surface area (Å²) in [6, 6.07) is 13.2. The van der Waals surface area contributed by atoms with Crippen LogP contribution in [-0.4, -0.2) is 19.3 Å². The number of fused-ring (bicyclic) bond motifs is 1. The minimum Gasteiger partial charge on any atom is -0.494 e. The lowest BCUT2D eigenvalue weighted by Crippen LogP contribution is -2.11. The third-order valence-corrected chi connectivity index (χ3v) is 5.55. The Labute approximate surface area is 147 Å². The summed E-state index contributed by atoms with van der Waals surface area (Å²) in [5, 5.41) is 4.44. The number of ether oxygens (including phenoxy) is 1. The summed E-state index contributed by atoms with van der Waals surface area (Å²) in [6.07, 6.45) is 1.98. The first kappa shape index (κ1) is 16.2. The van der Waals surface area contributed by atoms with Crippen LogP contribution < -0.4 is 10.1 Å². The van der Waals surface area contributed by atoms with Crippen LogP contribution in [-0.2, 0) is 0 Å². The molecule has 3 nitrogen and oxygen atoms in total. The van der Waals surface area contributed by atoms with Gasteiger partial charge in [0, 0.05) is 20.0 Å². The van der Waals surface area contributed by atoms with Crippen molar-refractivity contribution in [3.8, 4) is 5.75 Å². The Morgan fingerprint density at radius 3 is 2.78 bits per heavy atom. The molecule has 1 amide bonds. The summed E-state index contributed by atoms with van der Waals surface area (Å²) < 4.78 is 6.42. The molecule has 6 heteroatoms. The van der Waals surface area contributed by atoms with E-state index in [4.69, 9.17) is 16.3 Å². The molecule has 1 N–H and O–H groups in total. The number of halogens is 1. The largest absolute Gasteiger partial charge is 0.494 e. The summed E-state index contributed by atoms with van der Waals surface area (Å²) in [5.74, 6) is 0.382. The summed E-state index contributed by atoms with van der Waals surface area (Å²) >= 11 is 9.04. The third kappa shape index (κ3) is 3.17. The summed E-state index contributed by atoms with van der Waals surface area (Å²) in [5.41, 5.74) is 0.794. The maximum Gasteiger partial charge on any atom is 0.269 e. The zero-order valence-electron chi connectivity index (χ0n) is 12.6. The Hall–Kier alpha value is -1.69. The number of thiophene rings is 1. The van der Waals surface area contributed by atoms with Crippen molar-refractivity contribution in [1.29, 1.82) is 0 Å². The Balaban J connectivity index is 2.01. The predicted molar refractivity (Wildman–Crippen MR) is 99.6 cm³/mol. The Morgan fingerprint density at radius 1 is 1.26 bits per heavy atom. The van der Waals surface area contributed by atoms with E-state index in [0.29, 0.717) is 15.6 Å². The van der Waals surface area contributed by atoms with Gasteiger partial charge in [-0.3, -0.25) is 4.79 Å². The highest BCUT2D eigenvalue weighted by atomic mass is 35.5. The minimum absolute atomic E-state index is 0.180. The van der Waals surface area contributed by atoms with E-state index in [1.807, 2.05) is 48.7 Å². The number of carbonyl (C=O) groups excluding carboxylic acids is 1. The zero-order valence-corrected chi connectivity index (χ0v) is 14.9. The lowest BCUT2D eigenvalue weighted by molar-refractivity contribution is 0.102. The average molecular weight is 364 g/mol. The maximum atomic E-state index is 12.7. The van der Waals surface area contributed by atoms with Crippen LogP contribution in [0.1, 0.15) is 9.67 Å². The number of rotatable bonds is 4. The second kappa shape index (κ2) is 6.83. The lowest BCUT2D eigenvalue weighted by Gasteiger charge is -2.09. The number of benzene rings is 2. The van der Waals surface area contributed by atoms with E-state index in [0.717, 1.165) is 20.7 Å². The van der Waals surface area contributed by atoms with E-state index < -0.39 is 0 Å². The van der Waals surface area contributed by atoms with Crippen molar-refractivity contribution in [3.05, 3.63) is 52.4 Å². The van der Waals surface area contributed by atoms with Gasteiger partial charge in [-0.25, -0.2) is 0 Å². The Kier molecular flexibility index (Phi) is 4.80. The van der Waals surface area contributed by atoms with Crippen LogP contribution in [0.3, 0.4) is 0 Å². The molecule has 1 heterocycles. The SMILES string of the molecule is COc1c(C(=O)Nc2ccccc2SC)sc2ccc(Cl)cc12.